The number of carboxylic acid groups (broad SMARTS) is 2. The van der Waals surface area contributed by atoms with E-state index in [-0.39, 0.29) is 0 Å². The van der Waals surface area contributed by atoms with Gasteiger partial charge in [0.25, 0.3) is 0 Å². The topological polar surface area (TPSA) is 94.8 Å². The van der Waals surface area contributed by atoms with Crippen molar-refractivity contribution in [3.63, 3.8) is 0 Å². The molecule has 5 nitrogen and oxygen atoms in total. The van der Waals surface area contributed by atoms with Crippen LogP contribution in [0.3, 0.4) is 0 Å². The molecule has 0 spiro atoms. The largest absolute Gasteiger partial charge is 0.718 e. The van der Waals surface area contributed by atoms with E-state index >= 15 is 0 Å². The Morgan fingerprint density at radius 1 is 1.10 bits per heavy atom. The van der Waals surface area contributed by atoms with Crippen LogP contribution in [0.1, 0.15) is 0 Å². The molecule has 0 rings (SSSR count). The van der Waals surface area contributed by atoms with E-state index in [0.717, 1.165) is 0 Å². The molecule has 0 amide bonds. The molecular weight excluding hydrogens is 153 g/mol. The molecule has 8 heteroatoms. The lowest BCUT2D eigenvalue weighted by molar-refractivity contribution is -0.159. The molecule has 0 atom stereocenters. The van der Waals surface area contributed by atoms with Crippen LogP contribution in [0.25, 0.3) is 0 Å². The summed E-state index contributed by atoms with van der Waals surface area (Å²) in [5.74, 6) is -3.65. The highest BCUT2D eigenvalue weighted by atomic mass is 19.2. The molecule has 10 heavy (non-hydrogen) atoms. The maximum Gasteiger partial charge on any atom is 0.718 e. The first-order chi connectivity index (χ1) is 4.37. The van der Waals surface area contributed by atoms with Gasteiger partial charge in [-0.15, -0.1) is 0 Å². The summed E-state index contributed by atoms with van der Waals surface area (Å²) in [6.07, 6.45) is 0. The molecule has 0 saturated carbocycles. The molecule has 0 aromatic rings. The van der Waals surface area contributed by atoms with E-state index in [2.05, 4.69) is 0 Å². The van der Waals surface area contributed by atoms with Gasteiger partial charge in [0.15, 0.2) is 0 Å². The third-order valence-corrected chi connectivity index (χ3v) is 0.183. The van der Waals surface area contributed by atoms with Gasteiger partial charge in [0.1, 0.15) is 0 Å². The van der Waals surface area contributed by atoms with Crippen molar-refractivity contribution in [2.45, 2.75) is 0 Å². The van der Waals surface area contributed by atoms with Gasteiger partial charge in [-0.3, -0.25) is 8.63 Å². The summed E-state index contributed by atoms with van der Waals surface area (Å²) < 4.78 is 19.8. The zero-order chi connectivity index (χ0) is 8.73. The minimum Gasteiger partial charge on any atom is -0.473 e. The molecule has 0 unspecified atom stereocenters. The van der Waals surface area contributed by atoms with Gasteiger partial charge in [0.05, 0.1) is 0 Å². The summed E-state index contributed by atoms with van der Waals surface area (Å²) in [5.41, 5.74) is 0. The first-order valence-electron chi connectivity index (χ1n) is 1.80. The molecule has 0 radical (unpaired) electrons. The number of carbonyl (C=O) groups is 2. The fourth-order valence-electron chi connectivity index (χ4n) is 0. The monoisotopic (exact) mass is 156 g/mol. The number of rotatable bonds is 0. The Kier molecular flexibility index (Phi) is 6.91. The highest BCUT2D eigenvalue weighted by molar-refractivity contribution is 6.32. The normalized spacial score (nSPS) is 7.10. The Bertz CT molecular complexity index is 110. The molecule has 0 saturated heterocycles. The quantitative estimate of drug-likeness (QED) is 0.310. The van der Waals surface area contributed by atoms with Crippen LogP contribution in [0.2, 0.25) is 0 Å². The van der Waals surface area contributed by atoms with Crippen molar-refractivity contribution in [3.8, 4) is 0 Å². The second kappa shape index (κ2) is 5.95. The summed E-state index contributed by atoms with van der Waals surface area (Å²) in [7, 11) is -3.17. The zero-order valence-corrected chi connectivity index (χ0v) is 4.49. The van der Waals surface area contributed by atoms with E-state index in [0.29, 0.717) is 0 Å². The summed E-state index contributed by atoms with van der Waals surface area (Å²) in [6, 6.07) is 0. The van der Waals surface area contributed by atoms with E-state index in [1.165, 1.54) is 0 Å². The number of halogens is 2. The Hall–Kier alpha value is -1.18. The molecule has 0 aliphatic rings. The standard InChI is InChI=1S/C2H2O4.BF2HO/c3-1(4)2(5)6;2-1(3)4/h(H,3,4)(H,5,6);4H. The lowest BCUT2D eigenvalue weighted by Gasteiger charge is -1.72. The minimum atomic E-state index is -3.17. The van der Waals surface area contributed by atoms with Crippen molar-refractivity contribution >= 4 is 19.4 Å². The van der Waals surface area contributed by atoms with Crippen LogP contribution in [0.15, 0.2) is 0 Å². The summed E-state index contributed by atoms with van der Waals surface area (Å²) in [5, 5.41) is 21.5. The highest BCUT2D eigenvalue weighted by Crippen LogP contribution is 1.70. The van der Waals surface area contributed by atoms with E-state index in [4.69, 9.17) is 24.8 Å². The molecule has 58 valence electrons. The van der Waals surface area contributed by atoms with Gasteiger partial charge in [-0.05, 0) is 0 Å². The first-order valence-corrected chi connectivity index (χ1v) is 1.80. The third kappa shape index (κ3) is 29.0. The maximum absolute atomic E-state index is 9.89. The molecule has 0 bridgehead atoms. The summed E-state index contributed by atoms with van der Waals surface area (Å²) >= 11 is 0. The average Bonchev–Trinajstić information content (AvgIpc) is 1.63. The molecule has 0 heterocycles. The SMILES string of the molecule is O=C(O)C(=O)O.OB(F)F. The number of carboxylic acids is 2. The van der Waals surface area contributed by atoms with Gasteiger partial charge in [-0.25, -0.2) is 9.59 Å². The highest BCUT2D eigenvalue weighted by Gasteiger charge is 2.04. The molecular formula is C2H3BF2O5. The van der Waals surface area contributed by atoms with Crippen LogP contribution in [0.4, 0.5) is 8.63 Å². The number of hydrogen-bond donors (Lipinski definition) is 3. The molecule has 0 aromatic carbocycles. The average molecular weight is 156 g/mol. The number of hydrogen-bond acceptors (Lipinski definition) is 3. The first kappa shape index (κ1) is 11.6. The number of aliphatic carboxylic acids is 2. The lowest BCUT2D eigenvalue weighted by atomic mass is 10.4. The van der Waals surface area contributed by atoms with Crippen LogP contribution in [-0.2, 0) is 9.59 Å². The maximum atomic E-state index is 9.89. The van der Waals surface area contributed by atoms with E-state index in [1.54, 1.807) is 0 Å². The fourth-order valence-corrected chi connectivity index (χ4v) is 0. The van der Waals surface area contributed by atoms with Crippen LogP contribution in [0, 0.1) is 0 Å². The van der Waals surface area contributed by atoms with E-state index in [1.807, 2.05) is 0 Å². The molecule has 3 N–H and O–H groups in total. The van der Waals surface area contributed by atoms with Crippen LogP contribution < -0.4 is 0 Å². The Balaban J connectivity index is 0. The second-order valence-electron chi connectivity index (χ2n) is 0.888. The van der Waals surface area contributed by atoms with Crippen molar-refractivity contribution < 1.29 is 33.5 Å². The van der Waals surface area contributed by atoms with Crippen LogP contribution in [-0.4, -0.2) is 34.6 Å². The Morgan fingerprint density at radius 2 is 1.20 bits per heavy atom. The van der Waals surface area contributed by atoms with Crippen molar-refractivity contribution in [1.82, 2.24) is 0 Å². The van der Waals surface area contributed by atoms with Crippen LogP contribution in [0.5, 0.6) is 0 Å². The minimum absolute atomic E-state index is 1.82. The molecule has 0 aromatic heterocycles. The molecule has 0 aliphatic heterocycles. The van der Waals surface area contributed by atoms with Gasteiger partial charge in [-0.1, -0.05) is 0 Å². The second-order valence-corrected chi connectivity index (χ2v) is 0.888. The molecule has 0 aliphatic carbocycles. The van der Waals surface area contributed by atoms with E-state index < -0.39 is 19.4 Å². The summed E-state index contributed by atoms with van der Waals surface area (Å²) in [4.78, 5) is 18.2. The van der Waals surface area contributed by atoms with Crippen molar-refractivity contribution in [2.75, 3.05) is 0 Å². The smallest absolute Gasteiger partial charge is 0.473 e. The molecule has 0 fully saturated rings. The third-order valence-electron chi connectivity index (χ3n) is 0.183. The Labute approximate surface area is 54.1 Å². The van der Waals surface area contributed by atoms with Gasteiger partial charge >= 0.3 is 19.4 Å². The zero-order valence-electron chi connectivity index (χ0n) is 4.49. The van der Waals surface area contributed by atoms with Crippen LogP contribution >= 0.6 is 0 Å². The van der Waals surface area contributed by atoms with E-state index in [9.17, 15) is 8.63 Å². The van der Waals surface area contributed by atoms with Gasteiger partial charge < -0.3 is 15.2 Å². The fraction of sp³-hybridized carbons (Fsp3) is 0. The van der Waals surface area contributed by atoms with Gasteiger partial charge in [-0.2, -0.15) is 0 Å². The van der Waals surface area contributed by atoms with Gasteiger partial charge in [0, 0.05) is 0 Å². The Morgan fingerprint density at radius 3 is 1.20 bits per heavy atom. The summed E-state index contributed by atoms with van der Waals surface area (Å²) in [6.45, 7) is 0. The van der Waals surface area contributed by atoms with Gasteiger partial charge in [0.2, 0.25) is 0 Å². The predicted octanol–water partition coefficient (Wildman–Crippen LogP) is -0.942. The van der Waals surface area contributed by atoms with Crippen molar-refractivity contribution in [3.05, 3.63) is 0 Å². The van der Waals surface area contributed by atoms with Crippen molar-refractivity contribution in [1.29, 1.82) is 0 Å². The van der Waals surface area contributed by atoms with Crippen molar-refractivity contribution in [2.24, 2.45) is 0 Å². The predicted molar refractivity (Wildman–Crippen MR) is 25.5 cm³/mol. The lowest BCUT2D eigenvalue weighted by Crippen LogP contribution is -2.09.